The van der Waals surface area contributed by atoms with Crippen LogP contribution in [0.25, 0.3) is 0 Å². The summed E-state index contributed by atoms with van der Waals surface area (Å²) in [5, 5.41) is 4.10. The van der Waals surface area contributed by atoms with Crippen LogP contribution in [0.15, 0.2) is 6.07 Å². The smallest absolute Gasteiger partial charge is 0.147 e. The number of nitrogen functional groups attached to an aromatic ring is 1. The molecular weight excluding hydrogens is 233 g/mol. The lowest BCUT2D eigenvalue weighted by molar-refractivity contribution is 0.785. The number of hydrogen-bond acceptors (Lipinski definition) is 3. The Labute approximate surface area is 99.0 Å². The molecule has 0 bridgehead atoms. The summed E-state index contributed by atoms with van der Waals surface area (Å²) in [7, 11) is 0. The van der Waals surface area contributed by atoms with E-state index in [1.165, 1.54) is 6.42 Å². The molecule has 0 amide bonds. The quantitative estimate of drug-likeness (QED) is 0.861. The fourth-order valence-corrected chi connectivity index (χ4v) is 1.94. The average Bonchev–Trinajstić information content (AvgIpc) is 2.86. The SMILES string of the molecule is CC1CC1CNc1nc(N)c(Cl)cc1Cl. The lowest BCUT2D eigenvalue weighted by atomic mass is 10.3. The molecule has 2 unspecified atom stereocenters. The first kappa shape index (κ1) is 10.8. The number of rotatable bonds is 3. The molecule has 1 saturated carbocycles. The minimum absolute atomic E-state index is 0.312. The summed E-state index contributed by atoms with van der Waals surface area (Å²) in [4.78, 5) is 4.10. The van der Waals surface area contributed by atoms with E-state index in [-0.39, 0.29) is 0 Å². The lowest BCUT2D eigenvalue weighted by Crippen LogP contribution is -2.07. The number of hydrogen-bond donors (Lipinski definition) is 2. The second kappa shape index (κ2) is 4.06. The molecule has 1 aliphatic carbocycles. The van der Waals surface area contributed by atoms with Crippen molar-refractivity contribution in [1.82, 2.24) is 4.98 Å². The fraction of sp³-hybridized carbons (Fsp3) is 0.500. The Kier molecular flexibility index (Phi) is 2.94. The first-order valence-electron chi connectivity index (χ1n) is 4.93. The van der Waals surface area contributed by atoms with E-state index in [1.54, 1.807) is 6.07 Å². The van der Waals surface area contributed by atoms with Gasteiger partial charge in [0.2, 0.25) is 0 Å². The second-order valence-electron chi connectivity index (χ2n) is 4.04. The number of nitrogens with zero attached hydrogens (tertiary/aromatic N) is 1. The van der Waals surface area contributed by atoms with Gasteiger partial charge in [-0.15, -0.1) is 0 Å². The van der Waals surface area contributed by atoms with Gasteiger partial charge in [-0.1, -0.05) is 30.1 Å². The highest BCUT2D eigenvalue weighted by atomic mass is 35.5. The molecule has 3 nitrogen and oxygen atoms in total. The van der Waals surface area contributed by atoms with Crippen molar-refractivity contribution < 1.29 is 0 Å². The lowest BCUT2D eigenvalue weighted by Gasteiger charge is -2.08. The van der Waals surface area contributed by atoms with Crippen LogP contribution in [-0.2, 0) is 0 Å². The van der Waals surface area contributed by atoms with Gasteiger partial charge in [-0.3, -0.25) is 0 Å². The Morgan fingerprint density at radius 1 is 1.53 bits per heavy atom. The highest BCUT2D eigenvalue weighted by Gasteiger charge is 2.32. The number of nitrogens with one attached hydrogen (secondary N) is 1. The first-order valence-corrected chi connectivity index (χ1v) is 5.69. The summed E-state index contributed by atoms with van der Waals surface area (Å²) in [6, 6.07) is 1.62. The minimum atomic E-state index is 0.312. The van der Waals surface area contributed by atoms with Crippen molar-refractivity contribution in [3.05, 3.63) is 16.1 Å². The summed E-state index contributed by atoms with van der Waals surface area (Å²) < 4.78 is 0. The van der Waals surface area contributed by atoms with Gasteiger partial charge in [-0.25, -0.2) is 4.98 Å². The van der Waals surface area contributed by atoms with Crippen LogP contribution in [0.4, 0.5) is 11.6 Å². The van der Waals surface area contributed by atoms with Crippen molar-refractivity contribution in [2.45, 2.75) is 13.3 Å². The maximum Gasteiger partial charge on any atom is 0.147 e. The zero-order chi connectivity index (χ0) is 11.0. The predicted octanol–water partition coefficient (Wildman–Crippen LogP) is 3.04. The summed E-state index contributed by atoms with van der Waals surface area (Å²) in [5.74, 6) is 2.48. The van der Waals surface area contributed by atoms with Gasteiger partial charge >= 0.3 is 0 Å². The number of anilines is 2. The van der Waals surface area contributed by atoms with Crippen molar-refractivity contribution in [3.63, 3.8) is 0 Å². The third-order valence-electron chi connectivity index (χ3n) is 2.76. The number of aromatic nitrogens is 1. The summed E-state index contributed by atoms with van der Waals surface area (Å²) in [6.45, 7) is 3.13. The van der Waals surface area contributed by atoms with Crippen LogP contribution in [-0.4, -0.2) is 11.5 Å². The fourth-order valence-electron chi connectivity index (χ4n) is 1.52. The summed E-state index contributed by atoms with van der Waals surface area (Å²) >= 11 is 11.8. The normalized spacial score (nSPS) is 23.9. The molecule has 1 aromatic heterocycles. The van der Waals surface area contributed by atoms with Gasteiger partial charge in [0.25, 0.3) is 0 Å². The highest BCUT2D eigenvalue weighted by molar-refractivity contribution is 6.37. The largest absolute Gasteiger partial charge is 0.382 e. The summed E-state index contributed by atoms with van der Waals surface area (Å²) in [6.07, 6.45) is 1.27. The third-order valence-corrected chi connectivity index (χ3v) is 3.36. The van der Waals surface area contributed by atoms with E-state index < -0.39 is 0 Å². The van der Waals surface area contributed by atoms with Crippen molar-refractivity contribution in [1.29, 1.82) is 0 Å². The average molecular weight is 246 g/mol. The van der Waals surface area contributed by atoms with Gasteiger partial charge in [-0.2, -0.15) is 0 Å². The van der Waals surface area contributed by atoms with Crippen LogP contribution in [0.1, 0.15) is 13.3 Å². The molecule has 2 rings (SSSR count). The minimum Gasteiger partial charge on any atom is -0.382 e. The molecule has 1 fully saturated rings. The molecule has 0 aromatic carbocycles. The Hall–Kier alpha value is -0.670. The van der Waals surface area contributed by atoms with Gasteiger partial charge in [0, 0.05) is 6.54 Å². The summed E-state index contributed by atoms with van der Waals surface area (Å²) in [5.41, 5.74) is 5.60. The Morgan fingerprint density at radius 2 is 2.20 bits per heavy atom. The third kappa shape index (κ3) is 2.47. The number of pyridine rings is 1. The highest BCUT2D eigenvalue weighted by Crippen LogP contribution is 2.38. The van der Waals surface area contributed by atoms with Crippen molar-refractivity contribution >= 4 is 34.8 Å². The Morgan fingerprint density at radius 3 is 2.80 bits per heavy atom. The zero-order valence-electron chi connectivity index (χ0n) is 8.43. The van der Waals surface area contributed by atoms with E-state index in [2.05, 4.69) is 17.2 Å². The standard InChI is InChI=1S/C10H13Cl2N3/c1-5-2-6(5)4-14-10-8(12)3-7(11)9(13)15-10/h3,5-6H,2,4H2,1H3,(H3,13,14,15). The predicted molar refractivity (Wildman–Crippen MR) is 64.4 cm³/mol. The van der Waals surface area contributed by atoms with Crippen molar-refractivity contribution in [2.24, 2.45) is 11.8 Å². The number of nitrogens with two attached hydrogens (primary N) is 1. The monoisotopic (exact) mass is 245 g/mol. The zero-order valence-corrected chi connectivity index (χ0v) is 9.94. The molecular formula is C10H13Cl2N3. The van der Waals surface area contributed by atoms with E-state index in [0.717, 1.165) is 18.4 Å². The molecule has 3 N–H and O–H groups in total. The van der Waals surface area contributed by atoms with Crippen LogP contribution in [0, 0.1) is 11.8 Å². The van der Waals surface area contributed by atoms with Crippen LogP contribution in [0.2, 0.25) is 10.0 Å². The van der Waals surface area contributed by atoms with Gasteiger partial charge in [0.15, 0.2) is 0 Å². The molecule has 0 radical (unpaired) electrons. The topological polar surface area (TPSA) is 50.9 Å². The van der Waals surface area contributed by atoms with Gasteiger partial charge < -0.3 is 11.1 Å². The van der Waals surface area contributed by atoms with Crippen LogP contribution in [0.3, 0.4) is 0 Å². The van der Waals surface area contributed by atoms with Crippen molar-refractivity contribution in [2.75, 3.05) is 17.6 Å². The maximum absolute atomic E-state index is 5.98. The molecule has 0 saturated heterocycles. The molecule has 0 aliphatic heterocycles. The molecule has 15 heavy (non-hydrogen) atoms. The van der Waals surface area contributed by atoms with Crippen molar-refractivity contribution in [3.8, 4) is 0 Å². The molecule has 1 aliphatic rings. The number of halogens is 2. The maximum atomic E-state index is 5.98. The molecule has 82 valence electrons. The molecule has 1 heterocycles. The van der Waals surface area contributed by atoms with E-state index in [9.17, 15) is 0 Å². The van der Waals surface area contributed by atoms with Gasteiger partial charge in [0.1, 0.15) is 11.6 Å². The molecule has 1 aromatic rings. The van der Waals surface area contributed by atoms with E-state index >= 15 is 0 Å². The second-order valence-corrected chi connectivity index (χ2v) is 4.85. The van der Waals surface area contributed by atoms with E-state index in [4.69, 9.17) is 28.9 Å². The van der Waals surface area contributed by atoms with Crippen LogP contribution >= 0.6 is 23.2 Å². The molecule has 2 atom stereocenters. The first-order chi connectivity index (χ1) is 7.08. The van der Waals surface area contributed by atoms with Crippen LogP contribution in [0.5, 0.6) is 0 Å². The van der Waals surface area contributed by atoms with E-state index in [0.29, 0.717) is 21.7 Å². The van der Waals surface area contributed by atoms with E-state index in [1.807, 2.05) is 0 Å². The Balaban J connectivity index is 2.04. The van der Waals surface area contributed by atoms with Gasteiger partial charge in [-0.05, 0) is 24.3 Å². The molecule has 0 spiro atoms. The van der Waals surface area contributed by atoms with Gasteiger partial charge in [0.05, 0.1) is 10.0 Å². The Bertz CT molecular complexity index is 381. The molecule has 5 heteroatoms. The van der Waals surface area contributed by atoms with Crippen LogP contribution < -0.4 is 11.1 Å².